The third-order valence-corrected chi connectivity index (χ3v) is 2.94. The molecule has 0 atom stereocenters. The second kappa shape index (κ2) is 5.75. The van der Waals surface area contributed by atoms with Crippen LogP contribution < -0.4 is 4.74 Å². The van der Waals surface area contributed by atoms with Crippen LogP contribution in [0.5, 0.6) is 5.75 Å². The Morgan fingerprint density at radius 1 is 1.40 bits per heavy atom. The molecule has 1 N–H and O–H groups in total. The summed E-state index contributed by atoms with van der Waals surface area (Å²) in [5.41, 5.74) is 2.31. The Balaban J connectivity index is 2.63. The van der Waals surface area contributed by atoms with Crippen LogP contribution in [0.2, 0.25) is 0 Å². The molecular formula is C14H16N2O4. The normalized spacial score (nSPS) is 10.6. The van der Waals surface area contributed by atoms with Gasteiger partial charge >= 0.3 is 5.97 Å². The van der Waals surface area contributed by atoms with Gasteiger partial charge in [-0.15, -0.1) is 0 Å². The van der Waals surface area contributed by atoms with E-state index in [0.717, 1.165) is 5.56 Å². The number of carboxylic acid groups (broad SMARTS) is 1. The van der Waals surface area contributed by atoms with Gasteiger partial charge in [-0.1, -0.05) is 6.07 Å². The van der Waals surface area contributed by atoms with Crippen molar-refractivity contribution in [3.63, 3.8) is 0 Å². The number of hydrogen-bond donors (Lipinski definition) is 1. The molecule has 2 aromatic rings. The van der Waals surface area contributed by atoms with Gasteiger partial charge in [0.15, 0.2) is 0 Å². The van der Waals surface area contributed by atoms with E-state index in [1.807, 2.05) is 25.1 Å². The largest absolute Gasteiger partial charge is 0.494 e. The number of ether oxygens (including phenoxy) is 2. The molecule has 6 heteroatoms. The van der Waals surface area contributed by atoms with Crippen LogP contribution in [0.4, 0.5) is 0 Å². The van der Waals surface area contributed by atoms with E-state index in [4.69, 9.17) is 9.47 Å². The summed E-state index contributed by atoms with van der Waals surface area (Å²) in [7, 11) is 3.07. The van der Waals surface area contributed by atoms with E-state index in [0.29, 0.717) is 17.1 Å². The van der Waals surface area contributed by atoms with Crippen molar-refractivity contribution in [2.75, 3.05) is 14.2 Å². The van der Waals surface area contributed by atoms with Gasteiger partial charge in [-0.2, -0.15) is 5.10 Å². The van der Waals surface area contributed by atoms with Crippen LogP contribution in [0.25, 0.3) is 5.69 Å². The first-order valence-electron chi connectivity index (χ1n) is 6.02. The molecule has 1 heterocycles. The predicted molar refractivity (Wildman–Crippen MR) is 72.5 cm³/mol. The fourth-order valence-corrected chi connectivity index (χ4v) is 2.00. The molecule has 0 saturated heterocycles. The van der Waals surface area contributed by atoms with E-state index in [9.17, 15) is 9.90 Å². The molecule has 0 aliphatic carbocycles. The van der Waals surface area contributed by atoms with Gasteiger partial charge in [0.05, 0.1) is 25.6 Å². The van der Waals surface area contributed by atoms with Gasteiger partial charge in [-0.05, 0) is 24.6 Å². The molecule has 106 valence electrons. The molecule has 0 amide bonds. The lowest BCUT2D eigenvalue weighted by Gasteiger charge is -2.12. The summed E-state index contributed by atoms with van der Waals surface area (Å²) in [4.78, 5) is 11.2. The lowest BCUT2D eigenvalue weighted by atomic mass is 10.2. The summed E-state index contributed by atoms with van der Waals surface area (Å²) < 4.78 is 11.9. The van der Waals surface area contributed by atoms with Gasteiger partial charge < -0.3 is 14.6 Å². The topological polar surface area (TPSA) is 73.6 Å². The van der Waals surface area contributed by atoms with Crippen molar-refractivity contribution in [1.29, 1.82) is 0 Å². The minimum absolute atomic E-state index is 0.121. The lowest BCUT2D eigenvalue weighted by molar-refractivity contribution is 0.0691. The van der Waals surface area contributed by atoms with Crippen molar-refractivity contribution in [1.82, 2.24) is 9.78 Å². The second-order valence-corrected chi connectivity index (χ2v) is 4.33. The van der Waals surface area contributed by atoms with E-state index in [2.05, 4.69) is 5.10 Å². The Morgan fingerprint density at radius 2 is 2.15 bits per heavy atom. The van der Waals surface area contributed by atoms with E-state index in [1.165, 1.54) is 13.3 Å². The summed E-state index contributed by atoms with van der Waals surface area (Å²) in [5, 5.41) is 13.3. The fourth-order valence-electron chi connectivity index (χ4n) is 2.00. The van der Waals surface area contributed by atoms with E-state index in [-0.39, 0.29) is 12.2 Å². The maximum absolute atomic E-state index is 11.2. The molecule has 0 radical (unpaired) electrons. The van der Waals surface area contributed by atoms with Crippen LogP contribution in [0.15, 0.2) is 24.4 Å². The Kier molecular flexibility index (Phi) is 4.05. The van der Waals surface area contributed by atoms with Crippen LogP contribution in [0, 0.1) is 6.92 Å². The van der Waals surface area contributed by atoms with Crippen molar-refractivity contribution in [3.8, 4) is 11.4 Å². The van der Waals surface area contributed by atoms with Gasteiger partial charge in [0.1, 0.15) is 17.0 Å². The summed E-state index contributed by atoms with van der Waals surface area (Å²) in [6, 6.07) is 5.62. The van der Waals surface area contributed by atoms with Crippen LogP contribution in [-0.2, 0) is 11.3 Å². The number of methoxy groups -OCH3 is 2. The van der Waals surface area contributed by atoms with Gasteiger partial charge in [0, 0.05) is 7.11 Å². The number of aryl methyl sites for hydroxylation is 1. The van der Waals surface area contributed by atoms with Gasteiger partial charge in [-0.25, -0.2) is 9.48 Å². The fraction of sp³-hybridized carbons (Fsp3) is 0.286. The highest BCUT2D eigenvalue weighted by Gasteiger charge is 2.19. The number of carboxylic acids is 1. The van der Waals surface area contributed by atoms with Gasteiger partial charge in [-0.3, -0.25) is 0 Å². The molecule has 0 fully saturated rings. The first kappa shape index (κ1) is 14.1. The van der Waals surface area contributed by atoms with Crippen molar-refractivity contribution < 1.29 is 19.4 Å². The second-order valence-electron chi connectivity index (χ2n) is 4.33. The quantitative estimate of drug-likeness (QED) is 0.904. The first-order valence-corrected chi connectivity index (χ1v) is 6.02. The van der Waals surface area contributed by atoms with Crippen LogP contribution in [0.3, 0.4) is 0 Å². The van der Waals surface area contributed by atoms with Crippen molar-refractivity contribution in [3.05, 3.63) is 41.2 Å². The minimum atomic E-state index is -1.03. The monoisotopic (exact) mass is 276 g/mol. The maximum Gasteiger partial charge on any atom is 0.339 e. The molecule has 2 rings (SSSR count). The number of aromatic nitrogens is 2. The van der Waals surface area contributed by atoms with Crippen LogP contribution in [0.1, 0.15) is 21.6 Å². The standard InChI is InChI=1S/C14H16N2O4/c1-9-4-5-13(20-3)11(6-9)16-12(8-19-2)10(7-15-16)14(17)18/h4-7H,8H2,1-3H3,(H,17,18). The van der Waals surface area contributed by atoms with Crippen LogP contribution in [-0.4, -0.2) is 35.1 Å². The predicted octanol–water partition coefficient (Wildman–Crippen LogP) is 2.03. The van der Waals surface area contributed by atoms with Gasteiger partial charge in [0.2, 0.25) is 0 Å². The molecule has 0 aliphatic heterocycles. The van der Waals surface area contributed by atoms with Gasteiger partial charge in [0.25, 0.3) is 0 Å². The first-order chi connectivity index (χ1) is 9.58. The van der Waals surface area contributed by atoms with E-state index in [1.54, 1.807) is 11.8 Å². The van der Waals surface area contributed by atoms with Crippen LogP contribution >= 0.6 is 0 Å². The molecule has 0 aliphatic rings. The van der Waals surface area contributed by atoms with Crippen molar-refractivity contribution in [2.45, 2.75) is 13.5 Å². The maximum atomic E-state index is 11.2. The molecule has 1 aromatic heterocycles. The molecule has 6 nitrogen and oxygen atoms in total. The SMILES string of the molecule is COCc1c(C(=O)O)cnn1-c1cc(C)ccc1OC. The summed E-state index contributed by atoms with van der Waals surface area (Å²) in [6.45, 7) is 2.10. The van der Waals surface area contributed by atoms with Crippen molar-refractivity contribution in [2.24, 2.45) is 0 Å². The number of benzene rings is 1. The Labute approximate surface area is 116 Å². The molecule has 0 saturated carbocycles. The molecular weight excluding hydrogens is 260 g/mol. The molecule has 0 bridgehead atoms. The highest BCUT2D eigenvalue weighted by atomic mass is 16.5. The van der Waals surface area contributed by atoms with Crippen molar-refractivity contribution >= 4 is 5.97 Å². The molecule has 1 aromatic carbocycles. The number of rotatable bonds is 5. The zero-order chi connectivity index (χ0) is 14.7. The highest BCUT2D eigenvalue weighted by molar-refractivity contribution is 5.88. The number of hydrogen-bond acceptors (Lipinski definition) is 4. The Hall–Kier alpha value is -2.34. The lowest BCUT2D eigenvalue weighted by Crippen LogP contribution is -2.09. The third-order valence-electron chi connectivity index (χ3n) is 2.94. The number of nitrogens with zero attached hydrogens (tertiary/aromatic N) is 2. The number of carbonyl (C=O) groups is 1. The van der Waals surface area contributed by atoms with E-state index >= 15 is 0 Å². The number of aromatic carboxylic acids is 1. The summed E-state index contributed by atoms with van der Waals surface area (Å²) in [5.74, 6) is -0.414. The zero-order valence-electron chi connectivity index (χ0n) is 11.6. The zero-order valence-corrected chi connectivity index (χ0v) is 11.6. The molecule has 0 unspecified atom stereocenters. The molecule has 0 spiro atoms. The third kappa shape index (κ3) is 2.50. The average Bonchev–Trinajstić information content (AvgIpc) is 2.83. The smallest absolute Gasteiger partial charge is 0.339 e. The Bertz CT molecular complexity index is 634. The summed E-state index contributed by atoms with van der Waals surface area (Å²) in [6.07, 6.45) is 1.32. The van der Waals surface area contributed by atoms with E-state index < -0.39 is 5.97 Å². The summed E-state index contributed by atoms with van der Waals surface area (Å²) >= 11 is 0. The highest BCUT2D eigenvalue weighted by Crippen LogP contribution is 2.26. The average molecular weight is 276 g/mol. The minimum Gasteiger partial charge on any atom is -0.494 e. The molecule has 20 heavy (non-hydrogen) atoms. The Morgan fingerprint density at radius 3 is 2.75 bits per heavy atom.